The van der Waals surface area contributed by atoms with Crippen LogP contribution < -0.4 is 5.32 Å². The Morgan fingerprint density at radius 2 is 1.97 bits per heavy atom. The fourth-order valence-electron chi connectivity index (χ4n) is 2.74. The summed E-state index contributed by atoms with van der Waals surface area (Å²) >= 11 is 1.19. The maximum Gasteiger partial charge on any atom is 0.416 e. The van der Waals surface area contributed by atoms with E-state index < -0.39 is 29.3 Å². The molecule has 2 aromatic rings. The van der Waals surface area contributed by atoms with Crippen molar-refractivity contribution < 1.29 is 27.5 Å². The summed E-state index contributed by atoms with van der Waals surface area (Å²) in [5.74, 6) is -0.675. The number of aromatic nitrogens is 1. The number of hydrogen-bond acceptors (Lipinski definition) is 5. The van der Waals surface area contributed by atoms with Crippen LogP contribution >= 0.6 is 11.3 Å². The molecule has 10 heteroatoms. The van der Waals surface area contributed by atoms with E-state index in [4.69, 9.17) is 4.74 Å². The molecule has 1 N–H and O–H groups in total. The normalized spacial score (nSPS) is 14.3. The van der Waals surface area contributed by atoms with Crippen molar-refractivity contribution in [2.24, 2.45) is 0 Å². The maximum absolute atomic E-state index is 12.8. The topological polar surface area (TPSA) is 71.5 Å². The van der Waals surface area contributed by atoms with Gasteiger partial charge in [-0.15, -0.1) is 0 Å². The monoisotopic (exact) mass is 427 g/mol. The van der Waals surface area contributed by atoms with Crippen LogP contribution in [0.25, 0.3) is 0 Å². The first-order chi connectivity index (χ1) is 13.4. The average Bonchev–Trinajstić information content (AvgIpc) is 3.01. The van der Waals surface area contributed by atoms with E-state index in [1.165, 1.54) is 23.5 Å². The van der Waals surface area contributed by atoms with Crippen LogP contribution in [0.3, 0.4) is 0 Å². The third-order valence-corrected chi connectivity index (χ3v) is 5.05. The minimum absolute atomic E-state index is 0.108. The first-order valence-corrected chi connectivity index (χ1v) is 9.69. The molecule has 0 bridgehead atoms. The predicted molar refractivity (Wildman–Crippen MR) is 102 cm³/mol. The average molecular weight is 427 g/mol. The lowest BCUT2D eigenvalue weighted by Gasteiger charge is -2.29. The van der Waals surface area contributed by atoms with E-state index in [9.17, 15) is 22.8 Å². The molecule has 0 unspecified atom stereocenters. The van der Waals surface area contributed by atoms with Crippen LogP contribution in [-0.2, 0) is 23.9 Å². The van der Waals surface area contributed by atoms with Gasteiger partial charge < -0.3 is 9.64 Å². The van der Waals surface area contributed by atoms with E-state index in [-0.39, 0.29) is 10.7 Å². The first kappa shape index (κ1) is 21.1. The van der Waals surface area contributed by atoms with Crippen LogP contribution in [0.2, 0.25) is 0 Å². The van der Waals surface area contributed by atoms with Gasteiger partial charge in [-0.05, 0) is 39.0 Å². The summed E-state index contributed by atoms with van der Waals surface area (Å²) in [5, 5.41) is 2.82. The molecule has 0 fully saturated rings. The number of rotatable bonds is 2. The summed E-state index contributed by atoms with van der Waals surface area (Å²) in [6, 6.07) is 4.20. The van der Waals surface area contributed by atoms with E-state index in [2.05, 4.69) is 10.3 Å². The fraction of sp³-hybridized carbons (Fsp3) is 0.421. The number of anilines is 1. The highest BCUT2D eigenvalue weighted by Crippen LogP contribution is 2.31. The van der Waals surface area contributed by atoms with Gasteiger partial charge in [-0.3, -0.25) is 10.1 Å². The van der Waals surface area contributed by atoms with Crippen LogP contribution in [0.5, 0.6) is 0 Å². The zero-order valence-electron chi connectivity index (χ0n) is 16.1. The van der Waals surface area contributed by atoms with Crippen molar-refractivity contribution in [2.75, 3.05) is 11.9 Å². The molecule has 0 aliphatic carbocycles. The number of carbonyl (C=O) groups excluding carboxylic acids is 2. The highest BCUT2D eigenvalue weighted by atomic mass is 32.1. The van der Waals surface area contributed by atoms with Crippen molar-refractivity contribution in [1.82, 2.24) is 9.88 Å². The number of halogens is 3. The molecule has 156 valence electrons. The van der Waals surface area contributed by atoms with Crippen LogP contribution in [0.15, 0.2) is 24.3 Å². The van der Waals surface area contributed by atoms with Gasteiger partial charge in [-0.25, -0.2) is 9.78 Å². The standard InChI is InChI=1S/C19H20F3N3O3S/c1-18(2,3)28-17(27)25-8-7-13-14(10-25)29-16(23-13)24-15(26)11-5-4-6-12(9-11)19(20,21)22/h4-6,9H,7-8,10H2,1-3H3,(H,23,24,26). The Labute approximate surface area is 169 Å². The summed E-state index contributed by atoms with van der Waals surface area (Å²) in [4.78, 5) is 31.3. The second-order valence-corrected chi connectivity index (χ2v) is 8.66. The number of carbonyl (C=O) groups is 2. The van der Waals surface area contributed by atoms with E-state index in [0.717, 1.165) is 22.7 Å². The summed E-state index contributed by atoms with van der Waals surface area (Å²) in [6.45, 7) is 6.10. The van der Waals surface area contributed by atoms with Gasteiger partial charge in [0.05, 0.1) is 17.8 Å². The number of hydrogen-bond donors (Lipinski definition) is 1. The largest absolute Gasteiger partial charge is 0.444 e. The Balaban J connectivity index is 1.69. The zero-order valence-corrected chi connectivity index (χ0v) is 16.9. The molecule has 2 heterocycles. The highest BCUT2D eigenvalue weighted by Gasteiger charge is 2.31. The van der Waals surface area contributed by atoms with Crippen LogP contribution in [-0.4, -0.2) is 34.0 Å². The van der Waals surface area contributed by atoms with Crippen molar-refractivity contribution in [1.29, 1.82) is 0 Å². The van der Waals surface area contributed by atoms with Crippen LogP contribution in [0, 0.1) is 0 Å². The molecule has 3 rings (SSSR count). The molecular formula is C19H20F3N3O3S. The van der Waals surface area contributed by atoms with Crippen molar-refractivity contribution >= 4 is 28.5 Å². The quantitative estimate of drug-likeness (QED) is 0.754. The van der Waals surface area contributed by atoms with E-state index in [1.54, 1.807) is 25.7 Å². The van der Waals surface area contributed by atoms with Gasteiger partial charge in [-0.1, -0.05) is 17.4 Å². The molecule has 0 atom stereocenters. The molecule has 1 aliphatic rings. The number of ether oxygens (including phenoxy) is 1. The van der Waals surface area contributed by atoms with Gasteiger partial charge in [0.2, 0.25) is 0 Å². The van der Waals surface area contributed by atoms with E-state index >= 15 is 0 Å². The van der Waals surface area contributed by atoms with Gasteiger partial charge in [0.25, 0.3) is 5.91 Å². The lowest BCUT2D eigenvalue weighted by atomic mass is 10.1. The molecule has 0 saturated heterocycles. The van der Waals surface area contributed by atoms with E-state index in [1.807, 2.05) is 0 Å². The Morgan fingerprint density at radius 1 is 1.24 bits per heavy atom. The molecular weight excluding hydrogens is 407 g/mol. The summed E-state index contributed by atoms with van der Waals surface area (Å²) in [7, 11) is 0. The molecule has 1 aromatic heterocycles. The van der Waals surface area contributed by atoms with Gasteiger partial charge in [0.15, 0.2) is 5.13 Å². The molecule has 0 spiro atoms. The Bertz CT molecular complexity index is 935. The number of alkyl halides is 3. The molecule has 6 nitrogen and oxygen atoms in total. The molecule has 2 amide bonds. The fourth-order valence-corrected chi connectivity index (χ4v) is 3.76. The van der Waals surface area contributed by atoms with Crippen molar-refractivity contribution in [2.45, 2.75) is 45.5 Å². The Morgan fingerprint density at radius 3 is 2.62 bits per heavy atom. The second-order valence-electron chi connectivity index (χ2n) is 7.57. The van der Waals surface area contributed by atoms with Gasteiger partial charge in [0, 0.05) is 23.4 Å². The number of nitrogens with one attached hydrogen (secondary N) is 1. The molecule has 1 aliphatic heterocycles. The minimum atomic E-state index is -4.53. The highest BCUT2D eigenvalue weighted by molar-refractivity contribution is 7.15. The molecule has 0 radical (unpaired) electrons. The summed E-state index contributed by atoms with van der Waals surface area (Å²) in [6.07, 6.45) is -4.45. The summed E-state index contributed by atoms with van der Waals surface area (Å²) in [5.41, 5.74) is -0.844. The number of fused-ring (bicyclic) bond motifs is 1. The smallest absolute Gasteiger partial charge is 0.416 e. The number of amides is 2. The lowest BCUT2D eigenvalue weighted by Crippen LogP contribution is -2.39. The molecule has 29 heavy (non-hydrogen) atoms. The van der Waals surface area contributed by atoms with Crippen LogP contribution in [0.1, 0.15) is 47.3 Å². The van der Waals surface area contributed by atoms with Gasteiger partial charge in [-0.2, -0.15) is 13.2 Å². The number of thiazole rings is 1. The van der Waals surface area contributed by atoms with Gasteiger partial charge in [0.1, 0.15) is 5.60 Å². The van der Waals surface area contributed by atoms with Crippen LogP contribution in [0.4, 0.5) is 23.1 Å². The first-order valence-electron chi connectivity index (χ1n) is 8.87. The van der Waals surface area contributed by atoms with E-state index in [0.29, 0.717) is 19.5 Å². The Hall–Kier alpha value is -2.62. The SMILES string of the molecule is CC(C)(C)OC(=O)N1CCc2nc(NC(=O)c3cccc(C(F)(F)F)c3)sc2C1. The van der Waals surface area contributed by atoms with Gasteiger partial charge >= 0.3 is 12.3 Å². The Kier molecular flexibility index (Phi) is 5.57. The van der Waals surface area contributed by atoms with Crippen molar-refractivity contribution in [3.05, 3.63) is 46.0 Å². The zero-order chi connectivity index (χ0) is 21.4. The summed E-state index contributed by atoms with van der Waals surface area (Å²) < 4.78 is 43.9. The molecule has 0 saturated carbocycles. The predicted octanol–water partition coefficient (Wildman–Crippen LogP) is 4.71. The molecule has 1 aromatic carbocycles. The van der Waals surface area contributed by atoms with Crippen molar-refractivity contribution in [3.63, 3.8) is 0 Å². The minimum Gasteiger partial charge on any atom is -0.444 e. The lowest BCUT2D eigenvalue weighted by molar-refractivity contribution is -0.137. The third-order valence-electron chi connectivity index (χ3n) is 4.06. The third kappa shape index (κ3) is 5.26. The maximum atomic E-state index is 12.8. The second kappa shape index (κ2) is 7.66. The number of nitrogens with zero attached hydrogens (tertiary/aromatic N) is 2. The van der Waals surface area contributed by atoms with Crippen molar-refractivity contribution in [3.8, 4) is 0 Å². The number of benzene rings is 1.